The van der Waals surface area contributed by atoms with Crippen LogP contribution in [0.25, 0.3) is 0 Å². The minimum Gasteiger partial charge on any atom is -0.396 e. The van der Waals surface area contributed by atoms with Crippen LogP contribution in [0.3, 0.4) is 0 Å². The van der Waals surface area contributed by atoms with Crippen LogP contribution < -0.4 is 11.1 Å². The molecule has 0 radical (unpaired) electrons. The zero-order valence-corrected chi connectivity index (χ0v) is 9.48. The van der Waals surface area contributed by atoms with Crippen LogP contribution in [0.15, 0.2) is 12.4 Å². The summed E-state index contributed by atoms with van der Waals surface area (Å²) >= 11 is 0. The third-order valence-electron chi connectivity index (χ3n) is 2.07. The Bertz CT molecular complexity index is 324. The summed E-state index contributed by atoms with van der Waals surface area (Å²) in [6.07, 6.45) is 4.56. The van der Waals surface area contributed by atoms with Gasteiger partial charge >= 0.3 is 0 Å². The first-order valence-corrected chi connectivity index (χ1v) is 5.26. The zero-order chi connectivity index (χ0) is 11.8. The Balaban J connectivity index is 2.08. The molecule has 0 aromatic carbocycles. The van der Waals surface area contributed by atoms with Gasteiger partial charge in [0.05, 0.1) is 18.4 Å². The van der Waals surface area contributed by atoms with Gasteiger partial charge in [0.15, 0.2) is 0 Å². The van der Waals surface area contributed by atoms with Crippen molar-refractivity contribution in [3.8, 4) is 0 Å². The maximum atomic E-state index is 11.3. The number of anilines is 1. The fourth-order valence-electron chi connectivity index (χ4n) is 1.28. The highest BCUT2D eigenvalue weighted by atomic mass is 16.5. The van der Waals surface area contributed by atoms with E-state index in [4.69, 9.17) is 10.5 Å². The maximum Gasteiger partial charge on any atom is 0.220 e. The fraction of sp³-hybridized carbons (Fsp3) is 0.600. The Labute approximate surface area is 94.8 Å². The van der Waals surface area contributed by atoms with Gasteiger partial charge in [-0.3, -0.25) is 9.48 Å². The molecule has 0 bridgehead atoms. The summed E-state index contributed by atoms with van der Waals surface area (Å²) in [4.78, 5) is 11.3. The van der Waals surface area contributed by atoms with Gasteiger partial charge < -0.3 is 15.8 Å². The number of methoxy groups -OCH3 is 1. The summed E-state index contributed by atoms with van der Waals surface area (Å²) in [5, 5.41) is 6.81. The molecule has 0 aliphatic heterocycles. The molecule has 1 aromatic rings. The number of nitrogen functional groups attached to an aromatic ring is 1. The molecule has 0 atom stereocenters. The lowest BCUT2D eigenvalue weighted by Crippen LogP contribution is -2.27. The topological polar surface area (TPSA) is 82.2 Å². The van der Waals surface area contributed by atoms with Crippen molar-refractivity contribution in [1.82, 2.24) is 15.1 Å². The van der Waals surface area contributed by atoms with E-state index < -0.39 is 0 Å². The molecule has 6 nitrogen and oxygen atoms in total. The first kappa shape index (κ1) is 12.5. The van der Waals surface area contributed by atoms with Gasteiger partial charge in [0, 0.05) is 32.9 Å². The second kappa shape index (κ2) is 6.84. The largest absolute Gasteiger partial charge is 0.396 e. The van der Waals surface area contributed by atoms with Crippen molar-refractivity contribution in [2.75, 3.05) is 26.0 Å². The molecule has 0 aliphatic rings. The highest BCUT2D eigenvalue weighted by Crippen LogP contribution is 1.96. The molecule has 0 aliphatic carbocycles. The van der Waals surface area contributed by atoms with Gasteiger partial charge in [-0.1, -0.05) is 0 Å². The molecule has 90 valence electrons. The van der Waals surface area contributed by atoms with Crippen molar-refractivity contribution in [3.05, 3.63) is 12.4 Å². The average Bonchev–Trinajstić information content (AvgIpc) is 2.65. The van der Waals surface area contributed by atoms with Gasteiger partial charge in [-0.25, -0.2) is 0 Å². The van der Waals surface area contributed by atoms with E-state index in [1.165, 1.54) is 0 Å². The van der Waals surface area contributed by atoms with Crippen molar-refractivity contribution in [2.45, 2.75) is 19.4 Å². The van der Waals surface area contributed by atoms with Crippen LogP contribution in [0.5, 0.6) is 0 Å². The van der Waals surface area contributed by atoms with E-state index >= 15 is 0 Å². The molecule has 3 N–H and O–H groups in total. The minimum atomic E-state index is 0.0391. The van der Waals surface area contributed by atoms with Crippen LogP contribution in [-0.2, 0) is 16.1 Å². The Hall–Kier alpha value is -1.56. The molecule has 1 aromatic heterocycles. The number of aromatic nitrogens is 2. The van der Waals surface area contributed by atoms with Crippen molar-refractivity contribution >= 4 is 11.6 Å². The molecular weight excluding hydrogens is 208 g/mol. The summed E-state index contributed by atoms with van der Waals surface area (Å²) < 4.78 is 6.56. The quantitative estimate of drug-likeness (QED) is 0.641. The van der Waals surface area contributed by atoms with E-state index in [1.54, 1.807) is 24.2 Å². The second-order valence-electron chi connectivity index (χ2n) is 3.48. The van der Waals surface area contributed by atoms with E-state index in [0.29, 0.717) is 31.8 Å². The molecule has 0 saturated heterocycles. The lowest BCUT2D eigenvalue weighted by molar-refractivity contribution is -0.121. The number of hydrogen-bond acceptors (Lipinski definition) is 4. The molecule has 0 spiro atoms. The van der Waals surface area contributed by atoms with Crippen LogP contribution in [0.2, 0.25) is 0 Å². The van der Waals surface area contributed by atoms with E-state index in [1.807, 2.05) is 0 Å². The number of nitrogens with one attached hydrogen (secondary N) is 1. The third-order valence-corrected chi connectivity index (χ3v) is 2.07. The van der Waals surface area contributed by atoms with Crippen molar-refractivity contribution in [3.63, 3.8) is 0 Å². The number of nitrogens with zero attached hydrogens (tertiary/aromatic N) is 2. The second-order valence-corrected chi connectivity index (χ2v) is 3.48. The Morgan fingerprint density at radius 3 is 3.12 bits per heavy atom. The number of amides is 1. The molecule has 0 unspecified atom stereocenters. The third kappa shape index (κ3) is 4.79. The number of ether oxygens (including phenoxy) is 1. The zero-order valence-electron chi connectivity index (χ0n) is 9.48. The van der Waals surface area contributed by atoms with Gasteiger partial charge in [0.25, 0.3) is 0 Å². The number of rotatable bonds is 7. The van der Waals surface area contributed by atoms with E-state index in [-0.39, 0.29) is 5.91 Å². The average molecular weight is 226 g/mol. The summed E-state index contributed by atoms with van der Waals surface area (Å²) in [7, 11) is 1.63. The highest BCUT2D eigenvalue weighted by molar-refractivity contribution is 5.75. The first-order chi connectivity index (χ1) is 7.72. The SMILES string of the molecule is COCCCC(=O)NCCn1cc(N)cn1. The monoisotopic (exact) mass is 226 g/mol. The standard InChI is InChI=1S/C10H18N4O2/c1-16-6-2-3-10(15)12-4-5-14-8-9(11)7-13-14/h7-8H,2-6,11H2,1H3,(H,12,15). The van der Waals surface area contributed by atoms with Crippen LogP contribution in [0.4, 0.5) is 5.69 Å². The Morgan fingerprint density at radius 2 is 2.50 bits per heavy atom. The number of carbonyl (C=O) groups excluding carboxylic acids is 1. The molecule has 0 fully saturated rings. The predicted molar refractivity (Wildman–Crippen MR) is 60.8 cm³/mol. The summed E-state index contributed by atoms with van der Waals surface area (Å²) in [5.74, 6) is 0.0391. The summed E-state index contributed by atoms with van der Waals surface area (Å²) in [6.45, 7) is 1.81. The maximum absolute atomic E-state index is 11.3. The van der Waals surface area contributed by atoms with E-state index in [9.17, 15) is 4.79 Å². The lowest BCUT2D eigenvalue weighted by Gasteiger charge is -2.04. The molecule has 1 amide bonds. The van der Waals surface area contributed by atoms with Gasteiger partial charge in [0.1, 0.15) is 0 Å². The van der Waals surface area contributed by atoms with E-state index in [2.05, 4.69) is 10.4 Å². The summed E-state index contributed by atoms with van der Waals surface area (Å²) in [6, 6.07) is 0. The minimum absolute atomic E-state index is 0.0391. The predicted octanol–water partition coefficient (Wildman–Crippen LogP) is 0.00810. The van der Waals surface area contributed by atoms with E-state index in [0.717, 1.165) is 6.42 Å². The highest BCUT2D eigenvalue weighted by Gasteiger charge is 2.00. The smallest absolute Gasteiger partial charge is 0.220 e. The van der Waals surface area contributed by atoms with Crippen LogP contribution in [-0.4, -0.2) is 35.9 Å². The molecule has 1 heterocycles. The van der Waals surface area contributed by atoms with Gasteiger partial charge in [-0.05, 0) is 6.42 Å². The number of carbonyl (C=O) groups is 1. The van der Waals surface area contributed by atoms with Gasteiger partial charge in [-0.15, -0.1) is 0 Å². The van der Waals surface area contributed by atoms with Crippen molar-refractivity contribution < 1.29 is 9.53 Å². The Morgan fingerprint density at radius 1 is 1.69 bits per heavy atom. The molecular formula is C10H18N4O2. The number of nitrogens with two attached hydrogens (primary N) is 1. The lowest BCUT2D eigenvalue weighted by atomic mass is 10.3. The molecule has 0 saturated carbocycles. The number of hydrogen-bond donors (Lipinski definition) is 2. The molecule has 1 rings (SSSR count). The van der Waals surface area contributed by atoms with Crippen LogP contribution >= 0.6 is 0 Å². The van der Waals surface area contributed by atoms with Crippen molar-refractivity contribution in [1.29, 1.82) is 0 Å². The van der Waals surface area contributed by atoms with Crippen molar-refractivity contribution in [2.24, 2.45) is 0 Å². The van der Waals surface area contributed by atoms with Gasteiger partial charge in [0.2, 0.25) is 5.91 Å². The normalized spacial score (nSPS) is 10.3. The van der Waals surface area contributed by atoms with Crippen LogP contribution in [0.1, 0.15) is 12.8 Å². The fourth-order valence-corrected chi connectivity index (χ4v) is 1.28. The van der Waals surface area contributed by atoms with Gasteiger partial charge in [-0.2, -0.15) is 5.10 Å². The summed E-state index contributed by atoms with van der Waals surface area (Å²) in [5.41, 5.74) is 6.14. The molecule has 6 heteroatoms. The molecule has 16 heavy (non-hydrogen) atoms. The van der Waals surface area contributed by atoms with Crippen LogP contribution in [0, 0.1) is 0 Å². The Kier molecular flexibility index (Phi) is 5.35. The first-order valence-electron chi connectivity index (χ1n) is 5.26.